The molecule has 0 aliphatic carbocycles. The second-order valence-electron chi connectivity index (χ2n) is 8.99. The van der Waals surface area contributed by atoms with Crippen molar-refractivity contribution in [2.45, 2.75) is 73.1 Å². The first-order chi connectivity index (χ1) is 13.6. The van der Waals surface area contributed by atoms with Gasteiger partial charge in [0.25, 0.3) is 0 Å². The Morgan fingerprint density at radius 1 is 1.41 bits per heavy atom. The highest BCUT2D eigenvalue weighted by Gasteiger charge is 2.28. The largest absolute Gasteiger partial charge is 0.444 e. The van der Waals surface area contributed by atoms with Crippen molar-refractivity contribution in [3.05, 3.63) is 17.5 Å². The number of nitrogens with one attached hydrogen (secondary N) is 2. The first-order valence-corrected chi connectivity index (χ1v) is 10.6. The molecule has 1 amide bonds. The topological polar surface area (TPSA) is 83.8 Å². The normalized spacial score (nSPS) is 18.7. The van der Waals surface area contributed by atoms with E-state index in [1.807, 2.05) is 27.7 Å². The number of nitrogens with zero attached hydrogens (tertiary/aromatic N) is 4. The zero-order valence-electron chi connectivity index (χ0n) is 19.1. The lowest BCUT2D eigenvalue weighted by molar-refractivity contribution is 0.0507. The third-order valence-corrected chi connectivity index (χ3v) is 4.68. The van der Waals surface area contributed by atoms with Gasteiger partial charge in [0.05, 0.1) is 11.7 Å². The van der Waals surface area contributed by atoms with Gasteiger partial charge in [0.2, 0.25) is 0 Å². The molecule has 2 rings (SSSR count). The molecule has 1 aromatic heterocycles. The van der Waals surface area contributed by atoms with E-state index in [0.29, 0.717) is 5.92 Å². The van der Waals surface area contributed by atoms with Crippen molar-refractivity contribution in [1.82, 2.24) is 25.3 Å². The molecule has 1 fully saturated rings. The van der Waals surface area contributed by atoms with E-state index in [-0.39, 0.29) is 12.1 Å². The van der Waals surface area contributed by atoms with Gasteiger partial charge in [0.15, 0.2) is 5.96 Å². The Labute approximate surface area is 175 Å². The molecule has 0 aromatic carbocycles. The molecule has 0 bridgehead atoms. The lowest BCUT2D eigenvalue weighted by Crippen LogP contribution is -2.44. The van der Waals surface area contributed by atoms with Gasteiger partial charge in [-0.2, -0.15) is 5.10 Å². The molecule has 0 spiro atoms. The summed E-state index contributed by atoms with van der Waals surface area (Å²) in [5.41, 5.74) is 1.74. The van der Waals surface area contributed by atoms with E-state index in [2.05, 4.69) is 52.2 Å². The molecule has 1 aliphatic heterocycles. The minimum atomic E-state index is -0.486. The molecule has 1 aromatic rings. The summed E-state index contributed by atoms with van der Waals surface area (Å²) in [5.74, 6) is 1.28. The molecule has 2 N–H and O–H groups in total. The predicted molar refractivity (Wildman–Crippen MR) is 116 cm³/mol. The van der Waals surface area contributed by atoms with Gasteiger partial charge in [-0.05, 0) is 59.9 Å². The summed E-state index contributed by atoms with van der Waals surface area (Å²) in [7, 11) is 0. The fraction of sp³-hybridized carbons (Fsp3) is 0.762. The van der Waals surface area contributed by atoms with Crippen molar-refractivity contribution in [2.24, 2.45) is 10.9 Å². The van der Waals surface area contributed by atoms with Crippen LogP contribution in [0.5, 0.6) is 0 Å². The number of aliphatic imine (C=N–C) groups is 1. The molecule has 29 heavy (non-hydrogen) atoms. The molecule has 8 nitrogen and oxygen atoms in total. The third kappa shape index (κ3) is 7.59. The van der Waals surface area contributed by atoms with Gasteiger partial charge in [-0.25, -0.2) is 4.79 Å². The van der Waals surface area contributed by atoms with Crippen LogP contribution in [-0.2, 0) is 11.3 Å². The Hall–Kier alpha value is -2.25. The van der Waals surface area contributed by atoms with E-state index < -0.39 is 5.60 Å². The molecule has 1 saturated heterocycles. The highest BCUT2D eigenvalue weighted by molar-refractivity contribution is 5.80. The second-order valence-corrected chi connectivity index (χ2v) is 8.99. The average Bonchev–Trinajstić information content (AvgIpc) is 3.16. The van der Waals surface area contributed by atoms with Crippen LogP contribution in [0.3, 0.4) is 0 Å². The summed E-state index contributed by atoms with van der Waals surface area (Å²) in [6, 6.07) is 2.17. The van der Waals surface area contributed by atoms with Gasteiger partial charge in [-0.3, -0.25) is 9.67 Å². The zero-order chi connectivity index (χ0) is 21.6. The Balaban J connectivity index is 1.89. The standard InChI is InChI=1S/C21H38N6O2/c1-8-22-19(23-12-15(2)13-27-17(4)11-16(3)25-27)26-10-9-18(14-26)24-20(28)29-21(5,6)7/h11,15,18H,8-10,12-14H2,1-7H3,(H,22,23)(H,24,28). The number of hydrogen-bond donors (Lipinski definition) is 2. The fourth-order valence-electron chi connectivity index (χ4n) is 3.43. The summed E-state index contributed by atoms with van der Waals surface area (Å²) in [6.45, 7) is 18.0. The molecule has 0 saturated carbocycles. The monoisotopic (exact) mass is 406 g/mol. The van der Waals surface area contributed by atoms with E-state index >= 15 is 0 Å². The SMILES string of the molecule is CCNC(=NCC(C)Cn1nc(C)cc1C)N1CCC(NC(=O)OC(C)(C)C)C1. The minimum absolute atomic E-state index is 0.0702. The molecule has 2 unspecified atom stereocenters. The first-order valence-electron chi connectivity index (χ1n) is 10.6. The van der Waals surface area contributed by atoms with Gasteiger partial charge in [-0.15, -0.1) is 0 Å². The Morgan fingerprint density at radius 2 is 2.14 bits per heavy atom. The molecule has 1 aliphatic rings. The van der Waals surface area contributed by atoms with Crippen LogP contribution in [0.25, 0.3) is 0 Å². The minimum Gasteiger partial charge on any atom is -0.444 e. The Morgan fingerprint density at radius 3 is 2.72 bits per heavy atom. The van der Waals surface area contributed by atoms with Crippen LogP contribution in [0.1, 0.15) is 52.4 Å². The van der Waals surface area contributed by atoms with E-state index in [9.17, 15) is 4.79 Å². The number of aromatic nitrogens is 2. The maximum absolute atomic E-state index is 12.0. The molecular weight excluding hydrogens is 368 g/mol. The van der Waals surface area contributed by atoms with E-state index in [1.165, 1.54) is 5.69 Å². The fourth-order valence-corrected chi connectivity index (χ4v) is 3.43. The Kier molecular flexibility index (Phi) is 7.93. The number of likely N-dealkylation sites (tertiary alicyclic amines) is 1. The number of hydrogen-bond acceptors (Lipinski definition) is 4. The number of aryl methyl sites for hydroxylation is 2. The lowest BCUT2D eigenvalue weighted by atomic mass is 10.2. The van der Waals surface area contributed by atoms with Gasteiger partial charge in [-0.1, -0.05) is 6.92 Å². The second kappa shape index (κ2) is 9.98. The number of rotatable bonds is 6. The molecule has 0 radical (unpaired) electrons. The van der Waals surface area contributed by atoms with Crippen LogP contribution in [0, 0.1) is 19.8 Å². The highest BCUT2D eigenvalue weighted by atomic mass is 16.6. The van der Waals surface area contributed by atoms with Crippen molar-refractivity contribution in [3.63, 3.8) is 0 Å². The van der Waals surface area contributed by atoms with Crippen molar-refractivity contribution in [3.8, 4) is 0 Å². The lowest BCUT2D eigenvalue weighted by Gasteiger charge is -2.24. The van der Waals surface area contributed by atoms with Crippen LogP contribution >= 0.6 is 0 Å². The number of amides is 1. The number of carbonyl (C=O) groups is 1. The maximum atomic E-state index is 12.0. The van der Waals surface area contributed by atoms with Gasteiger partial charge in [0, 0.05) is 38.4 Å². The van der Waals surface area contributed by atoms with Gasteiger partial charge < -0.3 is 20.3 Å². The van der Waals surface area contributed by atoms with Crippen molar-refractivity contribution in [1.29, 1.82) is 0 Å². The zero-order valence-corrected chi connectivity index (χ0v) is 19.1. The van der Waals surface area contributed by atoms with Crippen LogP contribution in [0.4, 0.5) is 4.79 Å². The smallest absolute Gasteiger partial charge is 0.407 e. The van der Waals surface area contributed by atoms with Crippen molar-refractivity contribution >= 4 is 12.1 Å². The number of alkyl carbamates (subject to hydrolysis) is 1. The molecule has 2 heterocycles. The molecule has 164 valence electrons. The Bertz CT molecular complexity index is 707. The van der Waals surface area contributed by atoms with Crippen LogP contribution in [0.2, 0.25) is 0 Å². The third-order valence-electron chi connectivity index (χ3n) is 4.68. The molecule has 2 atom stereocenters. The predicted octanol–water partition coefficient (Wildman–Crippen LogP) is 2.70. The van der Waals surface area contributed by atoms with E-state index in [4.69, 9.17) is 9.73 Å². The maximum Gasteiger partial charge on any atom is 0.407 e. The van der Waals surface area contributed by atoms with Gasteiger partial charge >= 0.3 is 6.09 Å². The summed E-state index contributed by atoms with van der Waals surface area (Å²) < 4.78 is 7.42. The quantitative estimate of drug-likeness (QED) is 0.561. The van der Waals surface area contributed by atoms with Crippen LogP contribution < -0.4 is 10.6 Å². The molecular formula is C21H38N6O2. The first kappa shape index (κ1) is 23.0. The van der Waals surface area contributed by atoms with Crippen LogP contribution in [0.15, 0.2) is 11.1 Å². The summed E-state index contributed by atoms with van der Waals surface area (Å²) in [4.78, 5) is 19.1. The van der Waals surface area contributed by atoms with Crippen molar-refractivity contribution < 1.29 is 9.53 Å². The van der Waals surface area contributed by atoms with Crippen LogP contribution in [-0.4, -0.2) is 64.6 Å². The summed E-state index contributed by atoms with van der Waals surface area (Å²) in [6.07, 6.45) is 0.523. The van der Waals surface area contributed by atoms with Crippen molar-refractivity contribution in [2.75, 3.05) is 26.2 Å². The number of guanidine groups is 1. The number of ether oxygens (including phenoxy) is 1. The molecule has 8 heteroatoms. The van der Waals surface area contributed by atoms with E-state index in [0.717, 1.165) is 50.8 Å². The highest BCUT2D eigenvalue weighted by Crippen LogP contribution is 2.13. The van der Waals surface area contributed by atoms with E-state index in [1.54, 1.807) is 0 Å². The summed E-state index contributed by atoms with van der Waals surface area (Å²) in [5, 5.41) is 10.9. The summed E-state index contributed by atoms with van der Waals surface area (Å²) >= 11 is 0. The average molecular weight is 407 g/mol. The number of carbonyl (C=O) groups excluding carboxylic acids is 1. The van der Waals surface area contributed by atoms with Gasteiger partial charge in [0.1, 0.15) is 5.60 Å².